The summed E-state index contributed by atoms with van der Waals surface area (Å²) in [5.41, 5.74) is 1.73. The number of imidazole rings is 1. The Balaban J connectivity index is 2.64. The number of nitrogens with zero attached hydrogens (tertiary/aromatic N) is 2. The monoisotopic (exact) mass is 264 g/mol. The van der Waals surface area contributed by atoms with Crippen LogP contribution < -0.4 is 0 Å². The molecule has 110 valence electrons. The van der Waals surface area contributed by atoms with Crippen LogP contribution in [-0.2, 0) is 12.5 Å². The molecule has 0 aromatic carbocycles. The zero-order valence-electron chi connectivity index (χ0n) is 13.4. The highest BCUT2D eigenvalue weighted by Crippen LogP contribution is 2.34. The van der Waals surface area contributed by atoms with Crippen LogP contribution in [-0.4, -0.2) is 9.55 Å². The normalized spacial score (nSPS) is 14.5. The van der Waals surface area contributed by atoms with Crippen molar-refractivity contribution in [2.75, 3.05) is 0 Å². The number of aryl methyl sites for hydroxylation is 1. The summed E-state index contributed by atoms with van der Waals surface area (Å²) < 4.78 is 2.21. The third-order valence-corrected chi connectivity index (χ3v) is 4.35. The average Bonchev–Trinajstić information content (AvgIpc) is 2.82. The molecule has 1 atom stereocenters. The molecule has 0 aliphatic carbocycles. The van der Waals surface area contributed by atoms with E-state index in [1.54, 1.807) is 0 Å². The molecule has 1 heterocycles. The number of unbranched alkanes of at least 4 members (excludes halogenated alkanes) is 5. The van der Waals surface area contributed by atoms with Gasteiger partial charge in [-0.2, -0.15) is 0 Å². The highest BCUT2D eigenvalue weighted by atomic mass is 15.0. The zero-order valence-corrected chi connectivity index (χ0v) is 13.4. The average molecular weight is 264 g/mol. The molecule has 0 saturated carbocycles. The molecule has 2 heteroatoms. The quantitative estimate of drug-likeness (QED) is 0.529. The Hall–Kier alpha value is -0.790. The lowest BCUT2D eigenvalue weighted by Gasteiger charge is -2.30. The van der Waals surface area contributed by atoms with Gasteiger partial charge in [0.2, 0.25) is 0 Å². The third-order valence-electron chi connectivity index (χ3n) is 4.35. The van der Waals surface area contributed by atoms with E-state index < -0.39 is 0 Å². The molecule has 0 aliphatic rings. The first-order valence-electron chi connectivity index (χ1n) is 8.11. The Bertz CT molecular complexity index is 343. The summed E-state index contributed by atoms with van der Waals surface area (Å²) in [7, 11) is 2.13. The Morgan fingerprint density at radius 3 is 2.11 bits per heavy atom. The lowest BCUT2D eigenvalue weighted by molar-refractivity contribution is 0.349. The predicted octanol–water partition coefficient (Wildman–Crippen LogP) is 5.23. The van der Waals surface area contributed by atoms with E-state index in [9.17, 15) is 0 Å². The fourth-order valence-corrected chi connectivity index (χ4v) is 3.03. The minimum atomic E-state index is 0.314. The van der Waals surface area contributed by atoms with Crippen LogP contribution in [0.5, 0.6) is 0 Å². The lowest BCUT2D eigenvalue weighted by atomic mass is 9.77. The summed E-state index contributed by atoms with van der Waals surface area (Å²) in [6.07, 6.45) is 16.0. The molecule has 1 aromatic rings. The second-order valence-electron chi connectivity index (χ2n) is 6.22. The first-order valence-corrected chi connectivity index (χ1v) is 8.11. The van der Waals surface area contributed by atoms with Gasteiger partial charge in [-0.25, -0.2) is 4.98 Å². The van der Waals surface area contributed by atoms with Crippen molar-refractivity contribution in [1.29, 1.82) is 0 Å². The number of rotatable bonds is 10. The van der Waals surface area contributed by atoms with Gasteiger partial charge in [0, 0.05) is 24.4 Å². The van der Waals surface area contributed by atoms with Gasteiger partial charge in [-0.1, -0.05) is 65.7 Å². The molecule has 0 radical (unpaired) electrons. The fourth-order valence-electron chi connectivity index (χ4n) is 3.03. The van der Waals surface area contributed by atoms with Crippen molar-refractivity contribution < 1.29 is 0 Å². The van der Waals surface area contributed by atoms with Crippen LogP contribution in [0.3, 0.4) is 0 Å². The Labute approximate surface area is 119 Å². The topological polar surface area (TPSA) is 17.8 Å². The maximum absolute atomic E-state index is 4.32. The van der Waals surface area contributed by atoms with Crippen LogP contribution in [0.4, 0.5) is 0 Å². The van der Waals surface area contributed by atoms with E-state index >= 15 is 0 Å². The van der Waals surface area contributed by atoms with Gasteiger partial charge >= 0.3 is 0 Å². The lowest BCUT2D eigenvalue weighted by Crippen LogP contribution is -2.25. The van der Waals surface area contributed by atoms with Gasteiger partial charge in [0.05, 0.1) is 6.33 Å². The predicted molar refractivity (Wildman–Crippen MR) is 83.5 cm³/mol. The molecular weight excluding hydrogens is 232 g/mol. The van der Waals surface area contributed by atoms with Gasteiger partial charge in [0.15, 0.2) is 0 Å². The van der Waals surface area contributed by atoms with E-state index in [0.29, 0.717) is 5.41 Å². The van der Waals surface area contributed by atoms with Crippen LogP contribution in [0.2, 0.25) is 0 Å². The minimum absolute atomic E-state index is 0.314. The Morgan fingerprint density at radius 1 is 1.00 bits per heavy atom. The Morgan fingerprint density at radius 2 is 1.58 bits per heavy atom. The van der Waals surface area contributed by atoms with Gasteiger partial charge < -0.3 is 4.57 Å². The maximum Gasteiger partial charge on any atom is 0.0945 e. The standard InChI is InChI=1S/C17H32N2/c1-5-7-9-11-13-17(3,12-10-8-6-2)16-14-18-15-19(16)4/h14-15H,5-13H2,1-4H3. The van der Waals surface area contributed by atoms with Crippen LogP contribution >= 0.6 is 0 Å². The minimum Gasteiger partial charge on any atom is -0.337 e. The van der Waals surface area contributed by atoms with E-state index in [0.717, 1.165) is 0 Å². The summed E-state index contributed by atoms with van der Waals surface area (Å²) in [4.78, 5) is 4.32. The third kappa shape index (κ3) is 5.00. The van der Waals surface area contributed by atoms with Crippen LogP contribution in [0.15, 0.2) is 12.5 Å². The second kappa shape index (κ2) is 8.39. The van der Waals surface area contributed by atoms with Crippen LogP contribution in [0.1, 0.15) is 84.3 Å². The summed E-state index contributed by atoms with van der Waals surface area (Å²) in [6, 6.07) is 0. The van der Waals surface area contributed by atoms with Crippen molar-refractivity contribution in [3.63, 3.8) is 0 Å². The van der Waals surface area contributed by atoms with Crippen LogP contribution in [0, 0.1) is 0 Å². The molecule has 0 aliphatic heterocycles. The van der Waals surface area contributed by atoms with Crippen molar-refractivity contribution in [3.05, 3.63) is 18.2 Å². The van der Waals surface area contributed by atoms with Crippen molar-refractivity contribution >= 4 is 0 Å². The maximum atomic E-state index is 4.32. The Kier molecular flexibility index (Phi) is 7.19. The number of hydrogen-bond acceptors (Lipinski definition) is 1. The fraction of sp³-hybridized carbons (Fsp3) is 0.824. The van der Waals surface area contributed by atoms with Gasteiger partial charge in [-0.05, 0) is 12.8 Å². The molecule has 0 N–H and O–H groups in total. The molecule has 1 rings (SSSR count). The van der Waals surface area contributed by atoms with Crippen molar-refractivity contribution in [1.82, 2.24) is 9.55 Å². The molecule has 1 unspecified atom stereocenters. The summed E-state index contributed by atoms with van der Waals surface area (Å²) in [5, 5.41) is 0. The zero-order chi connectivity index (χ0) is 14.1. The smallest absolute Gasteiger partial charge is 0.0945 e. The van der Waals surface area contributed by atoms with Gasteiger partial charge in [0.1, 0.15) is 0 Å². The van der Waals surface area contributed by atoms with Crippen molar-refractivity contribution in [2.45, 2.75) is 84.0 Å². The molecule has 1 aromatic heterocycles. The van der Waals surface area contributed by atoms with E-state index in [1.807, 2.05) is 6.33 Å². The first kappa shape index (κ1) is 16.3. The highest BCUT2D eigenvalue weighted by Gasteiger charge is 2.28. The largest absolute Gasteiger partial charge is 0.337 e. The summed E-state index contributed by atoms with van der Waals surface area (Å²) >= 11 is 0. The molecule has 0 spiro atoms. The number of aromatic nitrogens is 2. The molecule has 0 saturated heterocycles. The molecule has 19 heavy (non-hydrogen) atoms. The molecule has 0 amide bonds. The van der Waals surface area contributed by atoms with Crippen LogP contribution in [0.25, 0.3) is 0 Å². The molecule has 0 bridgehead atoms. The van der Waals surface area contributed by atoms with E-state index in [1.165, 1.54) is 63.5 Å². The molecular formula is C17H32N2. The molecule has 2 nitrogen and oxygen atoms in total. The van der Waals surface area contributed by atoms with E-state index in [2.05, 4.69) is 43.6 Å². The number of hydrogen-bond donors (Lipinski definition) is 0. The SMILES string of the molecule is CCCCCCC(C)(CCCCC)c1cncn1C. The van der Waals surface area contributed by atoms with E-state index in [4.69, 9.17) is 0 Å². The summed E-state index contributed by atoms with van der Waals surface area (Å²) in [6.45, 7) is 7.00. The first-order chi connectivity index (χ1) is 9.14. The highest BCUT2D eigenvalue weighted by molar-refractivity contribution is 5.13. The van der Waals surface area contributed by atoms with E-state index in [-0.39, 0.29) is 0 Å². The van der Waals surface area contributed by atoms with Gasteiger partial charge in [-0.15, -0.1) is 0 Å². The van der Waals surface area contributed by atoms with Crippen molar-refractivity contribution in [3.8, 4) is 0 Å². The second-order valence-corrected chi connectivity index (χ2v) is 6.22. The van der Waals surface area contributed by atoms with Gasteiger partial charge in [0.25, 0.3) is 0 Å². The van der Waals surface area contributed by atoms with Crippen molar-refractivity contribution in [2.24, 2.45) is 7.05 Å². The summed E-state index contributed by atoms with van der Waals surface area (Å²) in [5.74, 6) is 0. The van der Waals surface area contributed by atoms with Gasteiger partial charge in [-0.3, -0.25) is 0 Å². The molecule has 0 fully saturated rings.